The molecule has 1 heterocycles. The van der Waals surface area contributed by atoms with Crippen LogP contribution >= 0.6 is 11.8 Å². The van der Waals surface area contributed by atoms with Crippen LogP contribution in [0, 0.1) is 0 Å². The quantitative estimate of drug-likeness (QED) is 0.178. The van der Waals surface area contributed by atoms with Gasteiger partial charge < -0.3 is 0 Å². The number of hydrogen-bond donors (Lipinski definition) is 0. The zero-order valence-electron chi connectivity index (χ0n) is 26.6. The third-order valence-corrected chi connectivity index (χ3v) is 12.6. The lowest BCUT2D eigenvalue weighted by molar-refractivity contribution is 0.850. The van der Waals surface area contributed by atoms with Gasteiger partial charge in [0.05, 0.1) is 0 Å². The fourth-order valence-corrected chi connectivity index (χ4v) is 10.5. The van der Waals surface area contributed by atoms with Gasteiger partial charge in [0.15, 0.2) is 0 Å². The molecular weight excluding hydrogens is 597 g/mol. The first-order valence-corrected chi connectivity index (χ1v) is 18.1. The van der Waals surface area contributed by atoms with Crippen LogP contribution in [-0.2, 0) is 6.42 Å². The highest BCUT2D eigenvalue weighted by atomic mass is 32.2. The average Bonchev–Trinajstić information content (AvgIpc) is 3.43. The van der Waals surface area contributed by atoms with Gasteiger partial charge in [0.2, 0.25) is 0 Å². The fourth-order valence-electron chi connectivity index (χ4n) is 9.29. The van der Waals surface area contributed by atoms with E-state index in [-0.39, 0.29) is 0 Å². The third-order valence-electron chi connectivity index (χ3n) is 11.4. The summed E-state index contributed by atoms with van der Waals surface area (Å²) in [6.45, 7) is 0. The minimum atomic E-state index is 0.432. The smallest absolute Gasteiger partial charge is 0.0205 e. The molecule has 1 aliphatic heterocycles. The van der Waals surface area contributed by atoms with Crippen molar-refractivity contribution in [1.82, 2.24) is 0 Å². The Kier molecular flexibility index (Phi) is 5.71. The van der Waals surface area contributed by atoms with Crippen molar-refractivity contribution in [2.45, 2.75) is 36.5 Å². The van der Waals surface area contributed by atoms with Crippen LogP contribution in [0.1, 0.15) is 75.3 Å². The molecule has 5 aromatic carbocycles. The van der Waals surface area contributed by atoms with Gasteiger partial charge in [-0.25, -0.2) is 0 Å². The van der Waals surface area contributed by atoms with E-state index in [1.165, 1.54) is 104 Å². The lowest BCUT2D eigenvalue weighted by Gasteiger charge is -2.30. The summed E-state index contributed by atoms with van der Waals surface area (Å²) < 4.78 is 0. The van der Waals surface area contributed by atoms with Gasteiger partial charge in [-0.15, -0.1) is 0 Å². The Bertz CT molecular complexity index is 2470. The highest BCUT2D eigenvalue weighted by Crippen LogP contribution is 2.56. The van der Waals surface area contributed by atoms with Crippen molar-refractivity contribution in [2.24, 2.45) is 0 Å². The lowest BCUT2D eigenvalue weighted by atomic mass is 9.73. The molecule has 1 heteroatoms. The van der Waals surface area contributed by atoms with E-state index in [1.807, 2.05) is 11.8 Å². The van der Waals surface area contributed by atoms with Crippen molar-refractivity contribution < 1.29 is 0 Å². The van der Waals surface area contributed by atoms with Gasteiger partial charge in [-0.1, -0.05) is 139 Å². The van der Waals surface area contributed by atoms with Gasteiger partial charge in [-0.3, -0.25) is 0 Å². The molecule has 1 unspecified atom stereocenters. The van der Waals surface area contributed by atoms with Gasteiger partial charge in [-0.2, -0.15) is 0 Å². The Balaban J connectivity index is 1.23. The maximum atomic E-state index is 2.56. The Morgan fingerprint density at radius 3 is 2.21 bits per heavy atom. The molecule has 11 rings (SSSR count). The van der Waals surface area contributed by atoms with Crippen molar-refractivity contribution in [3.8, 4) is 11.1 Å². The van der Waals surface area contributed by atoms with Crippen molar-refractivity contribution >= 4 is 45.2 Å². The average molecular weight is 629 g/mol. The molecule has 0 nitrogen and oxygen atoms in total. The van der Waals surface area contributed by atoms with E-state index < -0.39 is 0 Å². The lowest BCUT2D eigenvalue weighted by Crippen LogP contribution is -2.10. The van der Waals surface area contributed by atoms with E-state index in [0.29, 0.717) is 5.92 Å². The van der Waals surface area contributed by atoms with Crippen LogP contribution in [0.3, 0.4) is 0 Å². The molecule has 0 aromatic heterocycles. The molecule has 6 aliphatic rings. The number of allylic oxidation sites excluding steroid dienone is 11. The number of thioether (sulfide) groups is 1. The molecule has 0 radical (unpaired) electrons. The van der Waals surface area contributed by atoms with Crippen LogP contribution in [-0.4, -0.2) is 0 Å². The van der Waals surface area contributed by atoms with Crippen molar-refractivity contribution in [2.75, 3.05) is 0 Å². The highest BCUT2D eigenvalue weighted by molar-refractivity contribution is 8.03. The first-order chi connectivity index (χ1) is 23.8. The number of benzene rings is 5. The Hall–Kier alpha value is -5.11. The Morgan fingerprint density at radius 1 is 0.562 bits per heavy atom. The van der Waals surface area contributed by atoms with Crippen LogP contribution in [0.5, 0.6) is 0 Å². The third kappa shape index (κ3) is 3.74. The molecule has 1 atom stereocenters. The van der Waals surface area contributed by atoms with E-state index in [2.05, 4.69) is 140 Å². The predicted molar refractivity (Wildman–Crippen MR) is 203 cm³/mol. The minimum absolute atomic E-state index is 0.432. The molecule has 226 valence electrons. The normalized spacial score (nSPS) is 19.2. The molecule has 0 saturated heterocycles. The number of fused-ring (bicyclic) bond motifs is 14. The van der Waals surface area contributed by atoms with Gasteiger partial charge >= 0.3 is 0 Å². The van der Waals surface area contributed by atoms with Crippen molar-refractivity contribution in [3.63, 3.8) is 0 Å². The van der Waals surface area contributed by atoms with Crippen LogP contribution in [0.15, 0.2) is 149 Å². The SMILES string of the molecule is C1=CC2=C(CC1)c1ccccc1C1=C(C=C3Cc4c1cccc4-c1ccccc13)c1cccc(C3=CC=C4Sc5ccccc5C4C3)c12. The van der Waals surface area contributed by atoms with Crippen LogP contribution in [0.4, 0.5) is 0 Å². The van der Waals surface area contributed by atoms with E-state index in [4.69, 9.17) is 0 Å². The van der Waals surface area contributed by atoms with Crippen molar-refractivity contribution in [1.29, 1.82) is 0 Å². The van der Waals surface area contributed by atoms with Crippen LogP contribution in [0.2, 0.25) is 0 Å². The largest absolute Gasteiger partial charge is 0.0936 e. The van der Waals surface area contributed by atoms with Gasteiger partial charge in [0, 0.05) is 10.8 Å². The maximum Gasteiger partial charge on any atom is 0.0205 e. The maximum absolute atomic E-state index is 2.56. The van der Waals surface area contributed by atoms with Gasteiger partial charge in [0.1, 0.15) is 0 Å². The molecule has 0 fully saturated rings. The monoisotopic (exact) mass is 628 g/mol. The predicted octanol–water partition coefficient (Wildman–Crippen LogP) is 12.4. The second-order valence-corrected chi connectivity index (χ2v) is 14.9. The molecule has 2 bridgehead atoms. The Morgan fingerprint density at radius 2 is 1.29 bits per heavy atom. The van der Waals surface area contributed by atoms with E-state index in [9.17, 15) is 0 Å². The first kappa shape index (κ1) is 26.9. The summed E-state index contributed by atoms with van der Waals surface area (Å²) in [5, 5.41) is 0. The second-order valence-electron chi connectivity index (χ2n) is 13.8. The summed E-state index contributed by atoms with van der Waals surface area (Å²) in [5.41, 5.74) is 23.8. The summed E-state index contributed by atoms with van der Waals surface area (Å²) >= 11 is 1.96. The molecule has 0 saturated carbocycles. The number of rotatable bonds is 1. The van der Waals surface area contributed by atoms with E-state index in [0.717, 1.165) is 25.7 Å². The summed E-state index contributed by atoms with van der Waals surface area (Å²) in [4.78, 5) is 2.90. The highest BCUT2D eigenvalue weighted by Gasteiger charge is 2.35. The van der Waals surface area contributed by atoms with E-state index in [1.54, 1.807) is 0 Å². The number of hydrogen-bond acceptors (Lipinski definition) is 1. The van der Waals surface area contributed by atoms with Crippen molar-refractivity contribution in [3.05, 3.63) is 195 Å². The molecule has 0 spiro atoms. The fraction of sp³-hybridized carbons (Fsp3) is 0.106. The molecule has 0 N–H and O–H groups in total. The zero-order chi connectivity index (χ0) is 31.3. The molecule has 0 amide bonds. The van der Waals surface area contributed by atoms with E-state index >= 15 is 0 Å². The summed E-state index contributed by atoms with van der Waals surface area (Å²) in [5.74, 6) is 0.432. The molecule has 5 aliphatic carbocycles. The molecular formula is C47H32S. The van der Waals surface area contributed by atoms with Crippen LogP contribution in [0.25, 0.3) is 44.6 Å². The van der Waals surface area contributed by atoms with Gasteiger partial charge in [0.25, 0.3) is 0 Å². The second kappa shape index (κ2) is 10.2. The molecule has 48 heavy (non-hydrogen) atoms. The minimum Gasteiger partial charge on any atom is -0.0936 e. The van der Waals surface area contributed by atoms with Crippen LogP contribution < -0.4 is 0 Å². The Labute approximate surface area is 286 Å². The topological polar surface area (TPSA) is 0 Å². The zero-order valence-corrected chi connectivity index (χ0v) is 27.4. The molecule has 5 aromatic rings. The summed E-state index contributed by atoms with van der Waals surface area (Å²) in [7, 11) is 0. The first-order valence-electron chi connectivity index (χ1n) is 17.3. The van der Waals surface area contributed by atoms with Gasteiger partial charge in [-0.05, 0) is 137 Å². The standard InChI is InChI=1S/C47H32S/c1-2-12-32-30(11-1)29-26-41-35(32)19-10-20-39(41)47-38-17-6-4-14-34(38)33-13-3-5-16-37(33)46-31(18-9-21-40(46)43(47)27-29)28-23-24-45-42(25-28)36-15-7-8-22-44(36)48-45/h1-2,4-12,14-24,27,42H,3,13,25-26H2. The summed E-state index contributed by atoms with van der Waals surface area (Å²) in [6.07, 6.45) is 16.3. The summed E-state index contributed by atoms with van der Waals surface area (Å²) in [6, 6.07) is 41.4.